The molecule has 0 saturated carbocycles. The number of thiophene rings is 1. The number of anilines is 3. The number of nitrogens with one attached hydrogen (secondary N) is 3. The Labute approximate surface area is 180 Å². The maximum Gasteiger partial charge on any atom is 0.253 e. The molecule has 7 nitrogen and oxygen atoms in total. The summed E-state index contributed by atoms with van der Waals surface area (Å²) in [6, 6.07) is 1.84. The van der Waals surface area contributed by atoms with Crippen LogP contribution in [-0.4, -0.2) is 18.2 Å². The van der Waals surface area contributed by atoms with Gasteiger partial charge >= 0.3 is 0 Å². The summed E-state index contributed by atoms with van der Waals surface area (Å²) in [5, 5.41) is 20.2. The lowest BCUT2D eigenvalue weighted by Gasteiger charge is -2.13. The molecule has 9 heteroatoms. The predicted octanol–water partition coefficient (Wildman–Crippen LogP) is 4.24. The minimum absolute atomic E-state index is 0.0472. The van der Waals surface area contributed by atoms with Gasteiger partial charge in [0, 0.05) is 5.38 Å². The van der Waals surface area contributed by atoms with Gasteiger partial charge in [0.15, 0.2) is 5.75 Å². The van der Waals surface area contributed by atoms with Crippen molar-refractivity contribution in [2.45, 2.75) is 45.4 Å². The monoisotopic (exact) mass is 439 g/mol. The van der Waals surface area contributed by atoms with Gasteiger partial charge in [-0.15, -0.1) is 24.0 Å². The predicted molar refractivity (Wildman–Crippen MR) is 124 cm³/mol. The highest BCUT2D eigenvalue weighted by molar-refractivity contribution is 7.83. The van der Waals surface area contributed by atoms with Crippen molar-refractivity contribution in [3.05, 3.63) is 49.5 Å². The summed E-state index contributed by atoms with van der Waals surface area (Å²) in [6.07, 6.45) is 1.61. The lowest BCUT2D eigenvalue weighted by Crippen LogP contribution is -2.36. The number of furan rings is 1. The number of aryl methyl sites for hydroxylation is 1. The van der Waals surface area contributed by atoms with Gasteiger partial charge in [0.1, 0.15) is 21.3 Å². The van der Waals surface area contributed by atoms with Gasteiger partial charge in [-0.25, -0.2) is 0 Å². The fourth-order valence-corrected chi connectivity index (χ4v) is 3.15. The second kappa shape index (κ2) is 12.4. The molecular formula is C20H29N3O4S2. The smallest absolute Gasteiger partial charge is 0.253 e. The molecule has 0 saturated heterocycles. The Hall–Kier alpha value is -2.23. The molecule has 0 fully saturated rings. The van der Waals surface area contributed by atoms with Crippen LogP contribution in [0.4, 0.5) is 17.1 Å². The van der Waals surface area contributed by atoms with E-state index < -0.39 is 10.9 Å². The molecule has 0 aliphatic heterocycles. The standard InChI is InChI=1S/C14H12N2O4S2.C4H11N.C2H6/c1-6-2-7(20-4-6)3-15-9-10(13(19)12(9)18)16-8-5-22-14(21)11(8)17;1-3-5-4-2;1-2/h2,4-5,15-17,21H,3H2,1H3;5H,3-4H2,1-2H3;1-2H3. The molecule has 160 valence electrons. The summed E-state index contributed by atoms with van der Waals surface area (Å²) < 4.78 is 5.70. The van der Waals surface area contributed by atoms with E-state index in [1.54, 1.807) is 11.6 Å². The quantitative estimate of drug-likeness (QED) is 0.277. The number of hydrogen-bond donors (Lipinski definition) is 5. The van der Waals surface area contributed by atoms with Crippen molar-refractivity contribution in [1.29, 1.82) is 0 Å². The molecule has 0 spiro atoms. The highest BCUT2D eigenvalue weighted by atomic mass is 32.2. The molecule has 29 heavy (non-hydrogen) atoms. The van der Waals surface area contributed by atoms with E-state index in [4.69, 9.17) is 4.42 Å². The molecule has 0 radical (unpaired) electrons. The third kappa shape index (κ3) is 6.66. The molecular weight excluding hydrogens is 410 g/mol. The number of hydrogen-bond acceptors (Lipinski definition) is 9. The SMILES string of the molecule is CC.CCNCC.Cc1coc(CNc2c(Nc3csc(S)c3O)c(=O)c2=O)c1. The topological polar surface area (TPSA) is 104 Å². The van der Waals surface area contributed by atoms with Gasteiger partial charge in [0.2, 0.25) is 0 Å². The summed E-state index contributed by atoms with van der Waals surface area (Å²) in [7, 11) is 0. The van der Waals surface area contributed by atoms with Crippen LogP contribution in [0.2, 0.25) is 0 Å². The summed E-state index contributed by atoms with van der Waals surface area (Å²) in [4.78, 5) is 23.3. The van der Waals surface area contributed by atoms with Crippen LogP contribution in [-0.2, 0) is 6.54 Å². The zero-order valence-corrected chi connectivity index (χ0v) is 19.1. The number of thiol groups is 1. The Kier molecular flexibility index (Phi) is 10.6. The summed E-state index contributed by atoms with van der Waals surface area (Å²) in [5.74, 6) is 0.613. The van der Waals surface area contributed by atoms with E-state index in [0.29, 0.717) is 22.2 Å². The fraction of sp³-hybridized carbons (Fsp3) is 0.400. The molecule has 0 bridgehead atoms. The lowest BCUT2D eigenvalue weighted by atomic mass is 10.2. The van der Waals surface area contributed by atoms with E-state index in [1.807, 2.05) is 26.8 Å². The van der Waals surface area contributed by atoms with Crippen molar-refractivity contribution in [2.75, 3.05) is 23.7 Å². The second-order valence-electron chi connectivity index (χ2n) is 5.74. The molecule has 0 amide bonds. The van der Waals surface area contributed by atoms with Crippen LogP contribution in [0.25, 0.3) is 0 Å². The third-order valence-corrected chi connectivity index (χ3v) is 4.94. The van der Waals surface area contributed by atoms with E-state index in [-0.39, 0.29) is 17.1 Å². The molecule has 0 atom stereocenters. The van der Waals surface area contributed by atoms with Crippen molar-refractivity contribution < 1.29 is 9.52 Å². The van der Waals surface area contributed by atoms with Gasteiger partial charge in [-0.3, -0.25) is 9.59 Å². The molecule has 1 aromatic carbocycles. The summed E-state index contributed by atoms with van der Waals surface area (Å²) >= 11 is 5.30. The molecule has 0 aliphatic carbocycles. The lowest BCUT2D eigenvalue weighted by molar-refractivity contribution is 0.469. The van der Waals surface area contributed by atoms with E-state index in [1.165, 1.54) is 11.3 Å². The van der Waals surface area contributed by atoms with Crippen LogP contribution < -0.4 is 26.8 Å². The van der Waals surface area contributed by atoms with Gasteiger partial charge in [-0.05, 0) is 31.6 Å². The van der Waals surface area contributed by atoms with Gasteiger partial charge in [-0.2, -0.15) is 0 Å². The first-order valence-corrected chi connectivity index (χ1v) is 10.8. The highest BCUT2D eigenvalue weighted by Crippen LogP contribution is 2.38. The number of aromatic hydroxyl groups is 1. The van der Waals surface area contributed by atoms with Crippen LogP contribution in [0.15, 0.2) is 35.9 Å². The molecule has 3 aromatic rings. The maximum atomic E-state index is 11.7. The molecule has 0 aliphatic rings. The Morgan fingerprint density at radius 1 is 1.14 bits per heavy atom. The van der Waals surface area contributed by atoms with Crippen molar-refractivity contribution >= 4 is 41.0 Å². The number of rotatable bonds is 7. The van der Waals surface area contributed by atoms with Crippen LogP contribution >= 0.6 is 24.0 Å². The fourth-order valence-electron chi connectivity index (χ4n) is 2.25. The third-order valence-electron chi connectivity index (χ3n) is 3.64. The van der Waals surface area contributed by atoms with Gasteiger partial charge in [0.05, 0.1) is 18.5 Å². The Balaban J connectivity index is 0.000000527. The van der Waals surface area contributed by atoms with Gasteiger partial charge in [-0.1, -0.05) is 27.7 Å². The Morgan fingerprint density at radius 2 is 1.76 bits per heavy atom. The van der Waals surface area contributed by atoms with E-state index in [9.17, 15) is 14.7 Å². The van der Waals surface area contributed by atoms with Crippen molar-refractivity contribution in [3.63, 3.8) is 0 Å². The highest BCUT2D eigenvalue weighted by Gasteiger charge is 2.22. The first-order valence-electron chi connectivity index (χ1n) is 9.47. The van der Waals surface area contributed by atoms with Crippen molar-refractivity contribution in [1.82, 2.24) is 5.32 Å². The molecule has 3 rings (SSSR count). The largest absolute Gasteiger partial charge is 0.504 e. The maximum absolute atomic E-state index is 11.7. The van der Waals surface area contributed by atoms with Crippen molar-refractivity contribution in [2.24, 2.45) is 0 Å². The Bertz CT molecular complexity index is 954. The van der Waals surface area contributed by atoms with E-state index in [0.717, 1.165) is 18.7 Å². The zero-order valence-electron chi connectivity index (χ0n) is 17.4. The molecule has 2 aromatic heterocycles. The summed E-state index contributed by atoms with van der Waals surface area (Å²) in [6.45, 7) is 12.6. The molecule has 0 unspecified atom stereocenters. The van der Waals surface area contributed by atoms with Crippen molar-refractivity contribution in [3.8, 4) is 5.75 Å². The average molecular weight is 440 g/mol. The minimum Gasteiger partial charge on any atom is -0.504 e. The Morgan fingerprint density at radius 3 is 2.21 bits per heavy atom. The molecule has 2 heterocycles. The first-order chi connectivity index (χ1) is 13.9. The van der Waals surface area contributed by atoms with Gasteiger partial charge in [0.25, 0.3) is 10.9 Å². The van der Waals surface area contributed by atoms with Crippen LogP contribution in [0.3, 0.4) is 0 Å². The molecule has 4 N–H and O–H groups in total. The van der Waals surface area contributed by atoms with Crippen LogP contribution in [0, 0.1) is 6.92 Å². The zero-order chi connectivity index (χ0) is 22.0. The second-order valence-corrected chi connectivity index (χ2v) is 7.37. The van der Waals surface area contributed by atoms with Crippen LogP contribution in [0.5, 0.6) is 5.75 Å². The minimum atomic E-state index is -0.621. The van der Waals surface area contributed by atoms with Crippen LogP contribution in [0.1, 0.15) is 39.0 Å². The van der Waals surface area contributed by atoms with Gasteiger partial charge < -0.3 is 25.5 Å². The normalized spacial score (nSPS) is 10.0. The summed E-state index contributed by atoms with van der Waals surface area (Å²) in [5.41, 5.74) is 0.430. The first kappa shape index (κ1) is 24.8. The average Bonchev–Trinajstić information content (AvgIpc) is 3.29. The van der Waals surface area contributed by atoms with E-state index in [2.05, 4.69) is 42.4 Å². The van der Waals surface area contributed by atoms with E-state index >= 15 is 0 Å².